The molecule has 1 atom stereocenters. The van der Waals surface area contributed by atoms with Crippen molar-refractivity contribution in [1.29, 1.82) is 0 Å². The van der Waals surface area contributed by atoms with Gasteiger partial charge in [0.05, 0.1) is 0 Å². The highest BCUT2D eigenvalue weighted by Crippen LogP contribution is 2.26. The van der Waals surface area contributed by atoms with Crippen molar-refractivity contribution in [2.24, 2.45) is 0 Å². The second-order valence-electron chi connectivity index (χ2n) is 4.07. The van der Waals surface area contributed by atoms with Crippen LogP contribution < -0.4 is 5.32 Å². The number of fused-ring (bicyclic) bond motifs is 1. The monoisotopic (exact) mass is 204 g/mol. The van der Waals surface area contributed by atoms with Gasteiger partial charge >= 0.3 is 0 Å². The van der Waals surface area contributed by atoms with Crippen LogP contribution in [0.2, 0.25) is 0 Å². The maximum atomic E-state index is 3.50. The summed E-state index contributed by atoms with van der Waals surface area (Å²) in [5.41, 5.74) is 2.97. The fourth-order valence-corrected chi connectivity index (χ4v) is 2.46. The van der Waals surface area contributed by atoms with Crippen molar-refractivity contribution in [2.75, 3.05) is 19.6 Å². The second-order valence-corrected chi connectivity index (χ2v) is 4.07. The van der Waals surface area contributed by atoms with Crippen molar-refractivity contribution in [2.45, 2.75) is 26.4 Å². The Kier molecular flexibility index (Phi) is 3.39. The highest BCUT2D eigenvalue weighted by molar-refractivity contribution is 5.32. The molecule has 1 aliphatic heterocycles. The molecule has 1 aromatic rings. The van der Waals surface area contributed by atoms with Crippen LogP contribution >= 0.6 is 0 Å². The van der Waals surface area contributed by atoms with Crippen molar-refractivity contribution in [3.63, 3.8) is 0 Å². The molecule has 0 unspecified atom stereocenters. The maximum absolute atomic E-state index is 3.50. The number of likely N-dealkylation sites (N-methyl/N-ethyl adjacent to an activating group) is 1. The van der Waals surface area contributed by atoms with Crippen LogP contribution in [0.25, 0.3) is 0 Å². The number of nitrogens with zero attached hydrogens (tertiary/aromatic N) is 1. The van der Waals surface area contributed by atoms with Crippen LogP contribution in [-0.4, -0.2) is 24.5 Å². The predicted octanol–water partition coefficient (Wildman–Crippen LogP) is 2.17. The topological polar surface area (TPSA) is 15.3 Å². The summed E-state index contributed by atoms with van der Waals surface area (Å²) in [4.78, 5) is 2.52. The highest BCUT2D eigenvalue weighted by Gasteiger charge is 2.23. The highest BCUT2D eigenvalue weighted by atomic mass is 15.2. The van der Waals surface area contributed by atoms with Gasteiger partial charge in [-0.3, -0.25) is 4.90 Å². The zero-order chi connectivity index (χ0) is 10.7. The fourth-order valence-electron chi connectivity index (χ4n) is 2.46. The van der Waals surface area contributed by atoms with Gasteiger partial charge in [-0.25, -0.2) is 0 Å². The molecule has 1 heterocycles. The predicted molar refractivity (Wildman–Crippen MR) is 63.8 cm³/mol. The van der Waals surface area contributed by atoms with Gasteiger partial charge in [0, 0.05) is 19.1 Å². The average molecular weight is 204 g/mol. The molecule has 0 bridgehead atoms. The van der Waals surface area contributed by atoms with Gasteiger partial charge < -0.3 is 5.32 Å². The Labute approximate surface area is 92.3 Å². The lowest BCUT2D eigenvalue weighted by Crippen LogP contribution is -2.39. The molecule has 2 nitrogen and oxygen atoms in total. The lowest BCUT2D eigenvalue weighted by molar-refractivity contribution is 0.204. The first-order chi connectivity index (χ1) is 7.36. The van der Waals surface area contributed by atoms with E-state index in [1.807, 2.05) is 0 Å². The standard InChI is InChI=1S/C13H20N2/c1-3-15(4-2)13-10-14-9-11-7-5-6-8-12(11)13/h5-8,13-14H,3-4,9-10H2,1-2H3/t13-/m1/s1. The minimum atomic E-state index is 0.560. The molecular formula is C13H20N2. The van der Waals surface area contributed by atoms with Crippen molar-refractivity contribution in [3.8, 4) is 0 Å². The summed E-state index contributed by atoms with van der Waals surface area (Å²) < 4.78 is 0. The molecule has 2 rings (SSSR count). The Hall–Kier alpha value is -0.860. The van der Waals surface area contributed by atoms with Crippen molar-refractivity contribution >= 4 is 0 Å². The smallest absolute Gasteiger partial charge is 0.0475 e. The summed E-state index contributed by atoms with van der Waals surface area (Å²) in [6, 6.07) is 9.35. The van der Waals surface area contributed by atoms with Gasteiger partial charge in [-0.15, -0.1) is 0 Å². The second kappa shape index (κ2) is 4.77. The molecule has 2 heteroatoms. The summed E-state index contributed by atoms with van der Waals surface area (Å²) in [7, 11) is 0. The molecule has 1 aliphatic rings. The average Bonchev–Trinajstić information content (AvgIpc) is 2.31. The largest absolute Gasteiger partial charge is 0.311 e. The maximum Gasteiger partial charge on any atom is 0.0475 e. The molecule has 0 saturated carbocycles. The fraction of sp³-hybridized carbons (Fsp3) is 0.538. The van der Waals surface area contributed by atoms with Crippen molar-refractivity contribution in [1.82, 2.24) is 10.2 Å². The molecule has 15 heavy (non-hydrogen) atoms. The van der Waals surface area contributed by atoms with Crippen LogP contribution in [0.4, 0.5) is 0 Å². The van der Waals surface area contributed by atoms with E-state index in [1.165, 1.54) is 11.1 Å². The van der Waals surface area contributed by atoms with Crippen LogP contribution in [-0.2, 0) is 6.54 Å². The van der Waals surface area contributed by atoms with Gasteiger partial charge in [-0.05, 0) is 24.2 Å². The van der Waals surface area contributed by atoms with Gasteiger partial charge in [0.15, 0.2) is 0 Å². The first kappa shape index (κ1) is 10.7. The zero-order valence-corrected chi connectivity index (χ0v) is 9.66. The summed E-state index contributed by atoms with van der Waals surface area (Å²) in [6.45, 7) is 8.82. The Morgan fingerprint density at radius 2 is 2.00 bits per heavy atom. The Bertz CT molecular complexity index is 318. The van der Waals surface area contributed by atoms with E-state index in [0.29, 0.717) is 6.04 Å². The van der Waals surface area contributed by atoms with E-state index in [-0.39, 0.29) is 0 Å². The minimum Gasteiger partial charge on any atom is -0.311 e. The summed E-state index contributed by atoms with van der Waals surface area (Å²) in [5.74, 6) is 0. The molecule has 0 spiro atoms. The van der Waals surface area contributed by atoms with E-state index in [4.69, 9.17) is 0 Å². The third-order valence-electron chi connectivity index (χ3n) is 3.32. The minimum absolute atomic E-state index is 0.560. The lowest BCUT2D eigenvalue weighted by atomic mass is 9.95. The Balaban J connectivity index is 2.28. The van der Waals surface area contributed by atoms with E-state index in [9.17, 15) is 0 Å². The number of benzene rings is 1. The van der Waals surface area contributed by atoms with E-state index < -0.39 is 0 Å². The quantitative estimate of drug-likeness (QED) is 0.811. The van der Waals surface area contributed by atoms with Crippen LogP contribution in [0.1, 0.15) is 31.0 Å². The summed E-state index contributed by atoms with van der Waals surface area (Å²) in [6.07, 6.45) is 0. The van der Waals surface area contributed by atoms with Crippen LogP contribution in [0.5, 0.6) is 0 Å². The molecule has 0 aromatic heterocycles. The molecule has 0 saturated heterocycles. The van der Waals surface area contributed by atoms with Gasteiger partial charge in [-0.1, -0.05) is 38.1 Å². The van der Waals surface area contributed by atoms with E-state index in [1.54, 1.807) is 0 Å². The van der Waals surface area contributed by atoms with Crippen LogP contribution in [0, 0.1) is 0 Å². The van der Waals surface area contributed by atoms with Gasteiger partial charge in [0.1, 0.15) is 0 Å². The normalized spacial score (nSPS) is 20.3. The first-order valence-corrected chi connectivity index (χ1v) is 5.89. The first-order valence-electron chi connectivity index (χ1n) is 5.89. The van der Waals surface area contributed by atoms with Gasteiger partial charge in [0.2, 0.25) is 0 Å². The summed E-state index contributed by atoms with van der Waals surface area (Å²) in [5, 5.41) is 3.50. The Morgan fingerprint density at radius 1 is 1.27 bits per heavy atom. The molecule has 1 N–H and O–H groups in total. The lowest BCUT2D eigenvalue weighted by Gasteiger charge is -2.34. The molecule has 82 valence electrons. The summed E-state index contributed by atoms with van der Waals surface area (Å²) >= 11 is 0. The van der Waals surface area contributed by atoms with Crippen molar-refractivity contribution < 1.29 is 0 Å². The molecule has 0 fully saturated rings. The van der Waals surface area contributed by atoms with E-state index in [0.717, 1.165) is 26.2 Å². The SMILES string of the molecule is CCN(CC)[C@@H]1CNCc2ccccc21. The molecule has 0 radical (unpaired) electrons. The molecule has 0 amide bonds. The molecule has 1 aromatic carbocycles. The third-order valence-corrected chi connectivity index (χ3v) is 3.32. The number of hydrogen-bond donors (Lipinski definition) is 1. The van der Waals surface area contributed by atoms with Crippen molar-refractivity contribution in [3.05, 3.63) is 35.4 Å². The zero-order valence-electron chi connectivity index (χ0n) is 9.66. The van der Waals surface area contributed by atoms with Crippen LogP contribution in [0.3, 0.4) is 0 Å². The molecular weight excluding hydrogens is 184 g/mol. The van der Waals surface area contributed by atoms with E-state index in [2.05, 4.69) is 48.3 Å². The van der Waals surface area contributed by atoms with Gasteiger partial charge in [-0.2, -0.15) is 0 Å². The molecule has 0 aliphatic carbocycles. The number of hydrogen-bond acceptors (Lipinski definition) is 2. The third kappa shape index (κ3) is 2.06. The van der Waals surface area contributed by atoms with E-state index >= 15 is 0 Å². The number of rotatable bonds is 3. The Morgan fingerprint density at radius 3 is 2.73 bits per heavy atom. The van der Waals surface area contributed by atoms with Crippen LogP contribution in [0.15, 0.2) is 24.3 Å². The number of nitrogens with one attached hydrogen (secondary N) is 1. The van der Waals surface area contributed by atoms with Gasteiger partial charge in [0.25, 0.3) is 0 Å².